The second kappa shape index (κ2) is 5.25. The second-order valence-corrected chi connectivity index (χ2v) is 4.65. The summed E-state index contributed by atoms with van der Waals surface area (Å²) in [7, 11) is 0. The minimum Gasteiger partial charge on any atom is -0.335 e. The van der Waals surface area contributed by atoms with Crippen LogP contribution in [0.15, 0.2) is 42.1 Å². The van der Waals surface area contributed by atoms with Gasteiger partial charge in [-0.25, -0.2) is 4.68 Å². The Labute approximate surface area is 108 Å². The van der Waals surface area contributed by atoms with E-state index < -0.39 is 0 Å². The molecule has 6 heteroatoms. The number of hydrogen-bond acceptors (Lipinski definition) is 4. The normalized spacial score (nSPS) is 10.4. The van der Waals surface area contributed by atoms with Gasteiger partial charge in [-0.15, -0.1) is 16.8 Å². The summed E-state index contributed by atoms with van der Waals surface area (Å²) in [5, 5.41) is 9.31. The maximum Gasteiger partial charge on any atom is 0.210 e. The minimum absolute atomic E-state index is 0.558. The summed E-state index contributed by atoms with van der Waals surface area (Å²) in [6.07, 6.45) is 1.79. The van der Waals surface area contributed by atoms with Gasteiger partial charge >= 0.3 is 0 Å². The summed E-state index contributed by atoms with van der Waals surface area (Å²) in [6, 6.07) is 7.39. The van der Waals surface area contributed by atoms with Gasteiger partial charge in [-0.05, 0) is 12.1 Å². The molecule has 2 N–H and O–H groups in total. The number of nitrogen functional groups attached to an aromatic ring is 1. The van der Waals surface area contributed by atoms with Crippen LogP contribution in [0.3, 0.4) is 0 Å². The van der Waals surface area contributed by atoms with E-state index in [-0.39, 0.29) is 0 Å². The highest BCUT2D eigenvalue weighted by molar-refractivity contribution is 7.99. The van der Waals surface area contributed by atoms with Crippen LogP contribution in [0.5, 0.6) is 0 Å². The summed E-state index contributed by atoms with van der Waals surface area (Å²) in [5.41, 5.74) is 0.773. The molecule has 0 saturated carbocycles. The van der Waals surface area contributed by atoms with Crippen LogP contribution in [0.1, 0.15) is 0 Å². The fourth-order valence-electron chi connectivity index (χ4n) is 1.34. The molecule has 2 aromatic rings. The number of nitrogens with zero attached hydrogens (tertiary/aromatic N) is 3. The molecule has 0 aliphatic heterocycles. The van der Waals surface area contributed by atoms with Gasteiger partial charge in [0.2, 0.25) is 5.16 Å². The van der Waals surface area contributed by atoms with E-state index in [1.54, 1.807) is 12.1 Å². The number of nitrogens with two attached hydrogens (primary N) is 1. The van der Waals surface area contributed by atoms with Gasteiger partial charge < -0.3 is 5.84 Å². The highest BCUT2D eigenvalue weighted by Gasteiger charge is 2.13. The quantitative estimate of drug-likeness (QED) is 0.525. The number of thioether (sulfide) groups is 1. The first kappa shape index (κ1) is 12.0. The Morgan fingerprint density at radius 1 is 1.41 bits per heavy atom. The zero-order chi connectivity index (χ0) is 12.3. The van der Waals surface area contributed by atoms with E-state index in [4.69, 9.17) is 17.4 Å². The van der Waals surface area contributed by atoms with Crippen molar-refractivity contribution in [2.75, 3.05) is 11.6 Å². The van der Waals surface area contributed by atoms with E-state index in [9.17, 15) is 0 Å². The Kier molecular flexibility index (Phi) is 3.71. The molecule has 0 spiro atoms. The van der Waals surface area contributed by atoms with Gasteiger partial charge in [-0.1, -0.05) is 41.6 Å². The second-order valence-electron chi connectivity index (χ2n) is 3.26. The average Bonchev–Trinajstić information content (AvgIpc) is 2.69. The standard InChI is InChI=1S/C11H11ClN4S/c1-2-7-17-11-15-14-10(16(11)13)8-5-3-4-6-9(8)12/h2-6H,1,7,13H2. The van der Waals surface area contributed by atoms with Crippen LogP contribution in [0.4, 0.5) is 0 Å². The van der Waals surface area contributed by atoms with Gasteiger partial charge in [0, 0.05) is 11.3 Å². The third-order valence-electron chi connectivity index (χ3n) is 2.11. The maximum atomic E-state index is 6.08. The Hall–Kier alpha value is -1.46. The lowest BCUT2D eigenvalue weighted by Crippen LogP contribution is -2.11. The lowest BCUT2D eigenvalue weighted by molar-refractivity contribution is 0.851. The van der Waals surface area contributed by atoms with Crippen molar-refractivity contribution in [3.05, 3.63) is 41.9 Å². The van der Waals surface area contributed by atoms with Crippen LogP contribution in [0, 0.1) is 0 Å². The molecule has 0 unspecified atom stereocenters. The first-order chi connectivity index (χ1) is 8.24. The van der Waals surface area contributed by atoms with Crippen molar-refractivity contribution in [2.24, 2.45) is 0 Å². The number of rotatable bonds is 4. The molecule has 0 fully saturated rings. The van der Waals surface area contributed by atoms with Gasteiger partial charge in [0.25, 0.3) is 0 Å². The van der Waals surface area contributed by atoms with Gasteiger partial charge in [0.15, 0.2) is 5.82 Å². The van der Waals surface area contributed by atoms with E-state index in [0.717, 1.165) is 11.3 Å². The lowest BCUT2D eigenvalue weighted by Gasteiger charge is -2.04. The molecule has 88 valence electrons. The Morgan fingerprint density at radius 2 is 2.18 bits per heavy atom. The van der Waals surface area contributed by atoms with Crippen molar-refractivity contribution in [1.82, 2.24) is 14.9 Å². The van der Waals surface area contributed by atoms with E-state index >= 15 is 0 Å². The summed E-state index contributed by atoms with van der Waals surface area (Å²) in [4.78, 5) is 0. The largest absolute Gasteiger partial charge is 0.335 e. The molecule has 0 amide bonds. The molecular weight excluding hydrogens is 256 g/mol. The van der Waals surface area contributed by atoms with Crippen LogP contribution < -0.4 is 5.84 Å². The number of benzene rings is 1. The number of hydrogen-bond donors (Lipinski definition) is 1. The summed E-state index contributed by atoms with van der Waals surface area (Å²) >= 11 is 7.56. The predicted octanol–water partition coefficient (Wildman–Crippen LogP) is 2.59. The van der Waals surface area contributed by atoms with Gasteiger partial charge in [-0.3, -0.25) is 0 Å². The van der Waals surface area contributed by atoms with Crippen LogP contribution in [-0.2, 0) is 0 Å². The molecule has 17 heavy (non-hydrogen) atoms. The van der Waals surface area contributed by atoms with Gasteiger partial charge in [-0.2, -0.15) is 0 Å². The molecule has 0 bridgehead atoms. The molecule has 2 rings (SSSR count). The fraction of sp³-hybridized carbons (Fsp3) is 0.0909. The molecule has 4 nitrogen and oxygen atoms in total. The summed E-state index contributed by atoms with van der Waals surface area (Å²) in [5.74, 6) is 7.21. The van der Waals surface area contributed by atoms with Crippen LogP contribution in [0.2, 0.25) is 5.02 Å². The van der Waals surface area contributed by atoms with E-state index in [1.165, 1.54) is 16.4 Å². The predicted molar refractivity (Wildman–Crippen MR) is 71.5 cm³/mol. The molecule has 0 aliphatic rings. The Morgan fingerprint density at radius 3 is 2.88 bits per heavy atom. The molecule has 0 aliphatic carbocycles. The smallest absolute Gasteiger partial charge is 0.210 e. The van der Waals surface area contributed by atoms with Crippen molar-refractivity contribution in [3.63, 3.8) is 0 Å². The van der Waals surface area contributed by atoms with Crippen molar-refractivity contribution in [3.8, 4) is 11.4 Å². The zero-order valence-corrected chi connectivity index (χ0v) is 10.6. The molecule has 0 saturated heterocycles. The summed E-state index contributed by atoms with van der Waals surface area (Å²) in [6.45, 7) is 3.64. The molecular formula is C11H11ClN4S. The number of halogens is 1. The minimum atomic E-state index is 0.558. The molecule has 0 atom stereocenters. The molecule has 0 radical (unpaired) electrons. The number of aromatic nitrogens is 3. The van der Waals surface area contributed by atoms with Crippen LogP contribution in [-0.4, -0.2) is 20.6 Å². The summed E-state index contributed by atoms with van der Waals surface area (Å²) < 4.78 is 1.44. The Bertz CT molecular complexity index is 538. The first-order valence-corrected chi connectivity index (χ1v) is 6.29. The van der Waals surface area contributed by atoms with Gasteiger partial charge in [0.1, 0.15) is 0 Å². The monoisotopic (exact) mass is 266 g/mol. The molecule has 1 aromatic carbocycles. The van der Waals surface area contributed by atoms with Crippen molar-refractivity contribution < 1.29 is 0 Å². The zero-order valence-electron chi connectivity index (χ0n) is 9.01. The average molecular weight is 267 g/mol. The topological polar surface area (TPSA) is 56.7 Å². The van der Waals surface area contributed by atoms with E-state index in [0.29, 0.717) is 16.0 Å². The van der Waals surface area contributed by atoms with E-state index in [2.05, 4.69) is 16.8 Å². The maximum absolute atomic E-state index is 6.08. The highest BCUT2D eigenvalue weighted by Crippen LogP contribution is 2.27. The Balaban J connectivity index is 2.37. The fourth-order valence-corrected chi connectivity index (χ4v) is 2.15. The highest BCUT2D eigenvalue weighted by atomic mass is 35.5. The third-order valence-corrected chi connectivity index (χ3v) is 3.38. The van der Waals surface area contributed by atoms with Crippen molar-refractivity contribution >= 4 is 23.4 Å². The third kappa shape index (κ3) is 2.45. The van der Waals surface area contributed by atoms with Crippen LogP contribution >= 0.6 is 23.4 Å². The van der Waals surface area contributed by atoms with Crippen molar-refractivity contribution in [2.45, 2.75) is 5.16 Å². The molecule has 1 heterocycles. The van der Waals surface area contributed by atoms with E-state index in [1.807, 2.05) is 18.2 Å². The lowest BCUT2D eigenvalue weighted by atomic mass is 10.2. The SMILES string of the molecule is C=CCSc1nnc(-c2ccccc2Cl)n1N. The first-order valence-electron chi connectivity index (χ1n) is 4.93. The molecule has 1 aromatic heterocycles. The van der Waals surface area contributed by atoms with Crippen LogP contribution in [0.25, 0.3) is 11.4 Å². The van der Waals surface area contributed by atoms with Crippen molar-refractivity contribution in [1.29, 1.82) is 0 Å². The van der Waals surface area contributed by atoms with Gasteiger partial charge in [0.05, 0.1) is 5.02 Å².